The SMILES string of the molecule is CC(C)(C)NCC1CCC1c1cccc2c1OCC2. The summed E-state index contributed by atoms with van der Waals surface area (Å²) in [6.07, 6.45) is 3.74. The summed E-state index contributed by atoms with van der Waals surface area (Å²) in [7, 11) is 0. The minimum absolute atomic E-state index is 0.218. The van der Waals surface area contributed by atoms with Gasteiger partial charge >= 0.3 is 0 Å². The Hall–Kier alpha value is -1.02. The Balaban J connectivity index is 1.71. The van der Waals surface area contributed by atoms with Crippen LogP contribution in [0.15, 0.2) is 18.2 Å². The van der Waals surface area contributed by atoms with Gasteiger partial charge in [0, 0.05) is 12.0 Å². The first-order chi connectivity index (χ1) is 9.04. The lowest BCUT2D eigenvalue weighted by atomic mass is 9.69. The maximum atomic E-state index is 5.86. The van der Waals surface area contributed by atoms with Gasteiger partial charge in [-0.05, 0) is 63.1 Å². The fourth-order valence-electron chi connectivity index (χ4n) is 3.19. The van der Waals surface area contributed by atoms with Gasteiger partial charge in [-0.1, -0.05) is 18.2 Å². The van der Waals surface area contributed by atoms with E-state index in [-0.39, 0.29) is 5.54 Å². The molecular formula is C17H25NO. The van der Waals surface area contributed by atoms with Crippen LogP contribution in [-0.4, -0.2) is 18.7 Å². The van der Waals surface area contributed by atoms with Crippen LogP contribution in [0.3, 0.4) is 0 Å². The second kappa shape index (κ2) is 4.82. The van der Waals surface area contributed by atoms with Crippen molar-refractivity contribution in [2.45, 2.75) is 51.5 Å². The second-order valence-corrected chi connectivity index (χ2v) is 7.01. The number of rotatable bonds is 3. The highest BCUT2D eigenvalue weighted by atomic mass is 16.5. The van der Waals surface area contributed by atoms with E-state index in [0.29, 0.717) is 5.92 Å². The largest absolute Gasteiger partial charge is 0.493 e. The Morgan fingerprint density at radius 2 is 2.11 bits per heavy atom. The highest BCUT2D eigenvalue weighted by molar-refractivity contribution is 5.46. The first kappa shape index (κ1) is 13.0. The summed E-state index contributed by atoms with van der Waals surface area (Å²) >= 11 is 0. The molecule has 1 aliphatic heterocycles. The lowest BCUT2D eigenvalue weighted by molar-refractivity contribution is 0.220. The average Bonchev–Trinajstić information content (AvgIpc) is 2.75. The van der Waals surface area contributed by atoms with Crippen LogP contribution in [0.25, 0.3) is 0 Å². The molecule has 2 heteroatoms. The standard InChI is InChI=1S/C17H25NO/c1-17(2,3)18-11-13-7-8-14(13)15-6-4-5-12-9-10-19-16(12)15/h4-6,13-14,18H,7-11H2,1-3H3. The van der Waals surface area contributed by atoms with Crippen LogP contribution >= 0.6 is 0 Å². The molecule has 2 unspecified atom stereocenters. The highest BCUT2D eigenvalue weighted by Crippen LogP contribution is 2.47. The van der Waals surface area contributed by atoms with Crippen molar-refractivity contribution in [3.8, 4) is 5.75 Å². The summed E-state index contributed by atoms with van der Waals surface area (Å²) in [6, 6.07) is 6.69. The van der Waals surface area contributed by atoms with E-state index in [2.05, 4.69) is 44.3 Å². The summed E-state index contributed by atoms with van der Waals surface area (Å²) in [5.41, 5.74) is 3.09. The first-order valence-electron chi connectivity index (χ1n) is 7.54. The predicted molar refractivity (Wildman–Crippen MR) is 78.9 cm³/mol. The zero-order valence-corrected chi connectivity index (χ0v) is 12.3. The van der Waals surface area contributed by atoms with Gasteiger partial charge in [-0.3, -0.25) is 0 Å². The van der Waals surface area contributed by atoms with Crippen molar-refractivity contribution in [1.82, 2.24) is 5.32 Å². The van der Waals surface area contributed by atoms with E-state index >= 15 is 0 Å². The Kier molecular flexibility index (Phi) is 3.30. The molecule has 1 heterocycles. The molecule has 0 bridgehead atoms. The van der Waals surface area contributed by atoms with Crippen molar-refractivity contribution in [3.63, 3.8) is 0 Å². The van der Waals surface area contributed by atoms with Gasteiger partial charge in [0.25, 0.3) is 0 Å². The van der Waals surface area contributed by atoms with Crippen molar-refractivity contribution < 1.29 is 4.74 Å². The molecule has 0 radical (unpaired) electrons. The summed E-state index contributed by atoms with van der Waals surface area (Å²) in [6.45, 7) is 8.71. The maximum absolute atomic E-state index is 5.86. The maximum Gasteiger partial charge on any atom is 0.126 e. The van der Waals surface area contributed by atoms with E-state index in [1.165, 1.54) is 29.7 Å². The molecule has 3 rings (SSSR count). The topological polar surface area (TPSA) is 21.3 Å². The molecule has 19 heavy (non-hydrogen) atoms. The van der Waals surface area contributed by atoms with E-state index in [9.17, 15) is 0 Å². The minimum Gasteiger partial charge on any atom is -0.493 e. The molecule has 0 saturated heterocycles. The van der Waals surface area contributed by atoms with Crippen LogP contribution in [0, 0.1) is 5.92 Å². The van der Waals surface area contributed by atoms with Gasteiger partial charge in [0.15, 0.2) is 0 Å². The first-order valence-corrected chi connectivity index (χ1v) is 7.54. The third-order valence-corrected chi connectivity index (χ3v) is 4.46. The molecule has 1 saturated carbocycles. The van der Waals surface area contributed by atoms with Crippen molar-refractivity contribution >= 4 is 0 Å². The van der Waals surface area contributed by atoms with Gasteiger partial charge in [-0.15, -0.1) is 0 Å². The predicted octanol–water partition coefficient (Wildman–Crippen LogP) is 3.50. The number of nitrogens with one attached hydrogen (secondary N) is 1. The van der Waals surface area contributed by atoms with Gasteiger partial charge in [0.1, 0.15) is 5.75 Å². The zero-order chi connectivity index (χ0) is 13.5. The van der Waals surface area contributed by atoms with Crippen LogP contribution in [-0.2, 0) is 6.42 Å². The fraction of sp³-hybridized carbons (Fsp3) is 0.647. The average molecular weight is 259 g/mol. The lowest BCUT2D eigenvalue weighted by Gasteiger charge is -2.39. The number of para-hydroxylation sites is 1. The fourth-order valence-corrected chi connectivity index (χ4v) is 3.19. The van der Waals surface area contributed by atoms with Crippen LogP contribution in [0.1, 0.15) is 50.7 Å². The molecule has 104 valence electrons. The Morgan fingerprint density at radius 1 is 1.26 bits per heavy atom. The number of hydrogen-bond acceptors (Lipinski definition) is 2. The molecule has 1 aromatic carbocycles. The van der Waals surface area contributed by atoms with Crippen molar-refractivity contribution in [2.24, 2.45) is 5.92 Å². The zero-order valence-electron chi connectivity index (χ0n) is 12.3. The van der Waals surface area contributed by atoms with E-state index in [1.807, 2.05) is 0 Å². The van der Waals surface area contributed by atoms with E-state index in [1.54, 1.807) is 0 Å². The van der Waals surface area contributed by atoms with E-state index in [4.69, 9.17) is 4.74 Å². The second-order valence-electron chi connectivity index (χ2n) is 7.01. The van der Waals surface area contributed by atoms with Gasteiger partial charge < -0.3 is 10.1 Å². The lowest BCUT2D eigenvalue weighted by Crippen LogP contribution is -2.43. The third kappa shape index (κ3) is 2.64. The molecule has 1 aromatic rings. The highest BCUT2D eigenvalue weighted by Gasteiger charge is 2.35. The summed E-state index contributed by atoms with van der Waals surface area (Å²) in [5, 5.41) is 3.65. The van der Waals surface area contributed by atoms with Crippen molar-refractivity contribution in [1.29, 1.82) is 0 Å². The molecule has 0 aromatic heterocycles. The number of ether oxygens (including phenoxy) is 1. The molecule has 2 nitrogen and oxygen atoms in total. The Bertz CT molecular complexity index is 461. The van der Waals surface area contributed by atoms with Crippen molar-refractivity contribution in [2.75, 3.05) is 13.2 Å². The molecule has 2 atom stereocenters. The quantitative estimate of drug-likeness (QED) is 0.897. The summed E-state index contributed by atoms with van der Waals surface area (Å²) < 4.78 is 5.86. The molecule has 1 aliphatic carbocycles. The van der Waals surface area contributed by atoms with Crippen LogP contribution < -0.4 is 10.1 Å². The van der Waals surface area contributed by atoms with Crippen molar-refractivity contribution in [3.05, 3.63) is 29.3 Å². The molecule has 1 N–H and O–H groups in total. The molecule has 0 spiro atoms. The number of benzene rings is 1. The monoisotopic (exact) mass is 259 g/mol. The molecule has 2 aliphatic rings. The van der Waals surface area contributed by atoms with E-state index < -0.39 is 0 Å². The third-order valence-electron chi connectivity index (χ3n) is 4.46. The number of hydrogen-bond donors (Lipinski definition) is 1. The van der Waals surface area contributed by atoms with Crippen LogP contribution in [0.2, 0.25) is 0 Å². The Labute approximate surface area is 116 Å². The summed E-state index contributed by atoms with van der Waals surface area (Å²) in [4.78, 5) is 0. The van der Waals surface area contributed by atoms with Crippen LogP contribution in [0.5, 0.6) is 5.75 Å². The minimum atomic E-state index is 0.218. The van der Waals surface area contributed by atoms with Gasteiger partial charge in [0.05, 0.1) is 6.61 Å². The van der Waals surface area contributed by atoms with Gasteiger partial charge in [0.2, 0.25) is 0 Å². The normalized spacial score (nSPS) is 25.6. The number of fused-ring (bicyclic) bond motifs is 1. The summed E-state index contributed by atoms with van der Waals surface area (Å²) in [5.74, 6) is 2.67. The molecule has 0 amide bonds. The smallest absolute Gasteiger partial charge is 0.126 e. The Morgan fingerprint density at radius 3 is 2.79 bits per heavy atom. The molecular weight excluding hydrogens is 234 g/mol. The van der Waals surface area contributed by atoms with E-state index in [0.717, 1.165) is 25.5 Å². The van der Waals surface area contributed by atoms with Gasteiger partial charge in [-0.25, -0.2) is 0 Å². The van der Waals surface area contributed by atoms with Crippen LogP contribution in [0.4, 0.5) is 0 Å². The molecule has 1 fully saturated rings. The van der Waals surface area contributed by atoms with Gasteiger partial charge in [-0.2, -0.15) is 0 Å².